The van der Waals surface area contributed by atoms with Crippen molar-refractivity contribution in [3.8, 4) is 5.75 Å². The lowest BCUT2D eigenvalue weighted by molar-refractivity contribution is -0.127. The summed E-state index contributed by atoms with van der Waals surface area (Å²) in [6, 6.07) is 22.3. The molecule has 0 radical (unpaired) electrons. The first-order chi connectivity index (χ1) is 14.6. The number of nitrogens with zero attached hydrogens (tertiary/aromatic N) is 1. The lowest BCUT2D eigenvalue weighted by Crippen LogP contribution is -2.51. The number of hydrogen-bond acceptors (Lipinski definition) is 3. The normalized spacial score (nSPS) is 15.1. The minimum Gasteiger partial charge on any atom is -0.477 e. The van der Waals surface area contributed by atoms with Gasteiger partial charge in [0.1, 0.15) is 11.6 Å². The van der Waals surface area contributed by atoms with Gasteiger partial charge in [-0.2, -0.15) is 0 Å². The van der Waals surface area contributed by atoms with Crippen LogP contribution in [0.3, 0.4) is 0 Å². The van der Waals surface area contributed by atoms with Crippen molar-refractivity contribution < 1.29 is 18.7 Å². The Bertz CT molecular complexity index is 1040. The van der Waals surface area contributed by atoms with Gasteiger partial charge in [0.25, 0.3) is 11.8 Å². The molecule has 30 heavy (non-hydrogen) atoms. The van der Waals surface area contributed by atoms with E-state index in [2.05, 4.69) is 5.32 Å². The molecule has 1 atom stereocenters. The fourth-order valence-electron chi connectivity index (χ4n) is 3.40. The highest BCUT2D eigenvalue weighted by atomic mass is 19.1. The van der Waals surface area contributed by atoms with Crippen LogP contribution in [0.5, 0.6) is 5.75 Å². The van der Waals surface area contributed by atoms with E-state index in [1.165, 1.54) is 29.2 Å². The smallest absolute Gasteiger partial charge is 0.262 e. The zero-order valence-electron chi connectivity index (χ0n) is 16.3. The molecule has 0 bridgehead atoms. The monoisotopic (exact) mass is 404 g/mol. The van der Waals surface area contributed by atoms with Crippen molar-refractivity contribution in [3.05, 3.63) is 95.8 Å². The minimum absolute atomic E-state index is 0.0738. The molecule has 152 valence electrons. The van der Waals surface area contributed by atoms with E-state index in [0.717, 1.165) is 5.56 Å². The van der Waals surface area contributed by atoms with E-state index in [0.29, 0.717) is 30.0 Å². The SMILES string of the molecule is O=C(NCCc1ccccc1)[C@H]1CN(C(=O)c2ccc(F)cc2)c2ccccc2O1. The zero-order valence-corrected chi connectivity index (χ0v) is 16.3. The topological polar surface area (TPSA) is 58.6 Å². The maximum atomic E-state index is 13.2. The van der Waals surface area contributed by atoms with E-state index in [-0.39, 0.29) is 18.4 Å². The van der Waals surface area contributed by atoms with Gasteiger partial charge in [-0.15, -0.1) is 0 Å². The van der Waals surface area contributed by atoms with Crippen LogP contribution in [-0.4, -0.2) is 31.0 Å². The Labute approximate surface area is 174 Å². The molecule has 3 aromatic rings. The van der Waals surface area contributed by atoms with Crippen LogP contribution < -0.4 is 15.0 Å². The van der Waals surface area contributed by atoms with Crippen LogP contribution in [0.25, 0.3) is 0 Å². The van der Waals surface area contributed by atoms with E-state index in [4.69, 9.17) is 4.74 Å². The third-order valence-corrected chi connectivity index (χ3v) is 4.96. The number of carbonyl (C=O) groups excluding carboxylic acids is 2. The van der Waals surface area contributed by atoms with Crippen molar-refractivity contribution in [2.75, 3.05) is 18.0 Å². The lowest BCUT2D eigenvalue weighted by atomic mass is 10.1. The summed E-state index contributed by atoms with van der Waals surface area (Å²) in [5.74, 6) is -0.544. The summed E-state index contributed by atoms with van der Waals surface area (Å²) in [6.07, 6.45) is -0.131. The van der Waals surface area contributed by atoms with Crippen LogP contribution in [-0.2, 0) is 11.2 Å². The molecular formula is C24H21FN2O3. The number of benzene rings is 3. The molecule has 6 heteroatoms. The zero-order chi connectivity index (χ0) is 20.9. The van der Waals surface area contributed by atoms with Crippen LogP contribution >= 0.6 is 0 Å². The number of nitrogens with one attached hydrogen (secondary N) is 1. The molecule has 1 aliphatic heterocycles. The maximum Gasteiger partial charge on any atom is 0.262 e. The molecule has 0 aliphatic carbocycles. The fourth-order valence-corrected chi connectivity index (χ4v) is 3.40. The second kappa shape index (κ2) is 8.78. The summed E-state index contributed by atoms with van der Waals surface area (Å²) in [5, 5.41) is 2.89. The van der Waals surface area contributed by atoms with E-state index < -0.39 is 11.9 Å². The summed E-state index contributed by atoms with van der Waals surface area (Å²) in [4.78, 5) is 27.3. The summed E-state index contributed by atoms with van der Waals surface area (Å²) in [5.41, 5.74) is 2.05. The van der Waals surface area contributed by atoms with Gasteiger partial charge >= 0.3 is 0 Å². The van der Waals surface area contributed by atoms with Crippen molar-refractivity contribution in [2.24, 2.45) is 0 Å². The molecule has 1 aliphatic rings. The number of ether oxygens (including phenoxy) is 1. The molecular weight excluding hydrogens is 383 g/mol. The van der Waals surface area contributed by atoms with E-state index in [9.17, 15) is 14.0 Å². The Morgan fingerprint density at radius 2 is 1.67 bits per heavy atom. The molecule has 4 rings (SSSR count). The van der Waals surface area contributed by atoms with Gasteiger partial charge in [-0.05, 0) is 48.4 Å². The third kappa shape index (κ3) is 4.33. The minimum atomic E-state index is -0.833. The molecule has 1 heterocycles. The Morgan fingerprint density at radius 1 is 0.967 bits per heavy atom. The largest absolute Gasteiger partial charge is 0.477 e. The van der Waals surface area contributed by atoms with Gasteiger partial charge in [0.05, 0.1) is 12.2 Å². The average molecular weight is 404 g/mol. The Morgan fingerprint density at radius 3 is 2.43 bits per heavy atom. The highest BCUT2D eigenvalue weighted by Gasteiger charge is 2.34. The molecule has 2 amide bonds. The van der Waals surface area contributed by atoms with E-state index in [1.807, 2.05) is 30.3 Å². The summed E-state index contributed by atoms with van der Waals surface area (Å²) >= 11 is 0. The van der Waals surface area contributed by atoms with Crippen LogP contribution in [0.1, 0.15) is 15.9 Å². The Kier molecular flexibility index (Phi) is 5.75. The second-order valence-electron chi connectivity index (χ2n) is 7.02. The average Bonchev–Trinajstić information content (AvgIpc) is 2.79. The van der Waals surface area contributed by atoms with Crippen molar-refractivity contribution in [2.45, 2.75) is 12.5 Å². The predicted octanol–water partition coefficient (Wildman–Crippen LogP) is 3.59. The van der Waals surface area contributed by atoms with Gasteiger partial charge in [0, 0.05) is 12.1 Å². The molecule has 1 N–H and O–H groups in total. The molecule has 0 saturated carbocycles. The Hall–Kier alpha value is -3.67. The van der Waals surface area contributed by atoms with Gasteiger partial charge in [0.2, 0.25) is 0 Å². The highest BCUT2D eigenvalue weighted by Crippen LogP contribution is 2.34. The number of para-hydroxylation sites is 2. The van der Waals surface area contributed by atoms with Gasteiger partial charge in [0.15, 0.2) is 6.10 Å². The van der Waals surface area contributed by atoms with Crippen molar-refractivity contribution in [1.82, 2.24) is 5.32 Å². The number of rotatable bonds is 5. The molecule has 0 spiro atoms. The second-order valence-corrected chi connectivity index (χ2v) is 7.02. The maximum absolute atomic E-state index is 13.2. The lowest BCUT2D eigenvalue weighted by Gasteiger charge is -2.34. The number of halogens is 1. The van der Waals surface area contributed by atoms with Crippen molar-refractivity contribution in [1.29, 1.82) is 0 Å². The van der Waals surface area contributed by atoms with Crippen LogP contribution in [0, 0.1) is 5.82 Å². The van der Waals surface area contributed by atoms with Gasteiger partial charge in [-0.25, -0.2) is 4.39 Å². The van der Waals surface area contributed by atoms with Crippen molar-refractivity contribution in [3.63, 3.8) is 0 Å². The number of carbonyl (C=O) groups is 2. The highest BCUT2D eigenvalue weighted by molar-refractivity contribution is 6.07. The number of fused-ring (bicyclic) bond motifs is 1. The van der Waals surface area contributed by atoms with Crippen molar-refractivity contribution >= 4 is 17.5 Å². The quantitative estimate of drug-likeness (QED) is 0.707. The molecule has 3 aromatic carbocycles. The molecule has 0 fully saturated rings. The van der Waals surface area contributed by atoms with Crippen LogP contribution in [0.2, 0.25) is 0 Å². The van der Waals surface area contributed by atoms with Gasteiger partial charge in [-0.1, -0.05) is 42.5 Å². The standard InChI is InChI=1S/C24H21FN2O3/c25-19-12-10-18(11-13-19)24(29)27-16-22(30-21-9-5-4-8-20(21)27)23(28)26-15-14-17-6-2-1-3-7-17/h1-13,22H,14-16H2,(H,26,28)/t22-/m1/s1. The van der Waals surface area contributed by atoms with E-state index >= 15 is 0 Å². The van der Waals surface area contributed by atoms with E-state index in [1.54, 1.807) is 24.3 Å². The van der Waals surface area contributed by atoms with Gasteiger partial charge < -0.3 is 15.0 Å². The predicted molar refractivity (Wildman–Crippen MR) is 112 cm³/mol. The molecule has 0 unspecified atom stereocenters. The first-order valence-corrected chi connectivity index (χ1v) is 9.76. The first-order valence-electron chi connectivity index (χ1n) is 9.76. The molecule has 0 saturated heterocycles. The Balaban J connectivity index is 1.48. The van der Waals surface area contributed by atoms with Crippen LogP contribution in [0.15, 0.2) is 78.9 Å². The van der Waals surface area contributed by atoms with Gasteiger partial charge in [-0.3, -0.25) is 9.59 Å². The summed E-state index contributed by atoms with van der Waals surface area (Å²) < 4.78 is 19.1. The fraction of sp³-hybridized carbons (Fsp3) is 0.167. The summed E-state index contributed by atoms with van der Waals surface area (Å²) in [6.45, 7) is 0.542. The number of amides is 2. The van der Waals surface area contributed by atoms with Crippen LogP contribution in [0.4, 0.5) is 10.1 Å². The third-order valence-electron chi connectivity index (χ3n) is 4.96. The first kappa shape index (κ1) is 19.6. The number of anilines is 1. The molecule has 0 aromatic heterocycles. The molecule has 5 nitrogen and oxygen atoms in total. The number of hydrogen-bond donors (Lipinski definition) is 1. The summed E-state index contributed by atoms with van der Waals surface area (Å²) in [7, 11) is 0.